The lowest BCUT2D eigenvalue weighted by molar-refractivity contribution is -0.148. The Kier molecular flexibility index (Phi) is 3.81. The third-order valence-corrected chi connectivity index (χ3v) is 5.56. The van der Waals surface area contributed by atoms with Gasteiger partial charge in [0.1, 0.15) is 0 Å². The van der Waals surface area contributed by atoms with Gasteiger partial charge in [-0.2, -0.15) is 0 Å². The van der Waals surface area contributed by atoms with E-state index in [9.17, 15) is 4.79 Å². The smallest absolute Gasteiger partial charge is 0.230 e. The number of nitrogens with two attached hydrogens (primary N) is 1. The third kappa shape index (κ3) is 2.40. The van der Waals surface area contributed by atoms with E-state index >= 15 is 0 Å². The topological polar surface area (TPSA) is 49.6 Å². The lowest BCUT2D eigenvalue weighted by Crippen LogP contribution is -2.55. The highest BCUT2D eigenvalue weighted by Gasteiger charge is 2.45. The molecule has 2 saturated heterocycles. The fourth-order valence-corrected chi connectivity index (χ4v) is 3.99. The van der Waals surface area contributed by atoms with Gasteiger partial charge in [-0.3, -0.25) is 4.79 Å². The molecule has 1 amide bonds. The molecule has 2 heterocycles. The Balaban J connectivity index is 1.53. The summed E-state index contributed by atoms with van der Waals surface area (Å²) in [6, 6.07) is 0.724. The van der Waals surface area contributed by atoms with Gasteiger partial charge in [0.25, 0.3) is 0 Å². The van der Waals surface area contributed by atoms with Crippen molar-refractivity contribution in [2.45, 2.75) is 51.0 Å². The summed E-state index contributed by atoms with van der Waals surface area (Å²) in [5.41, 5.74) is 5.67. The standard InChI is InChI=1S/C15H27N3O/c16-12-15(6-3-7-15)14(19)18-10-4-13(5-11-18)17-8-1-2-9-17/h13H,1-12,16H2. The van der Waals surface area contributed by atoms with Gasteiger partial charge < -0.3 is 15.5 Å². The molecule has 3 rings (SSSR count). The van der Waals surface area contributed by atoms with Crippen molar-refractivity contribution < 1.29 is 4.79 Å². The second-order valence-corrected chi connectivity index (χ2v) is 6.60. The van der Waals surface area contributed by atoms with Crippen LogP contribution >= 0.6 is 0 Å². The summed E-state index contributed by atoms with van der Waals surface area (Å²) >= 11 is 0. The summed E-state index contributed by atoms with van der Waals surface area (Å²) in [7, 11) is 0. The number of carbonyl (C=O) groups is 1. The Morgan fingerprint density at radius 1 is 1.05 bits per heavy atom. The molecule has 0 aromatic rings. The molecule has 3 aliphatic rings. The van der Waals surface area contributed by atoms with Crippen molar-refractivity contribution in [1.82, 2.24) is 9.80 Å². The van der Waals surface area contributed by atoms with Crippen molar-refractivity contribution in [2.75, 3.05) is 32.7 Å². The molecule has 4 nitrogen and oxygen atoms in total. The fraction of sp³-hybridized carbons (Fsp3) is 0.933. The number of nitrogens with zero attached hydrogens (tertiary/aromatic N) is 2. The van der Waals surface area contributed by atoms with Crippen molar-refractivity contribution in [3.8, 4) is 0 Å². The first-order chi connectivity index (χ1) is 9.25. The Hall–Kier alpha value is -0.610. The first-order valence-corrected chi connectivity index (χ1v) is 7.99. The Bertz CT molecular complexity index is 321. The number of rotatable bonds is 3. The molecule has 0 atom stereocenters. The lowest BCUT2D eigenvalue weighted by Gasteiger charge is -2.45. The zero-order valence-corrected chi connectivity index (χ0v) is 11.9. The maximum atomic E-state index is 12.6. The van der Waals surface area contributed by atoms with E-state index in [4.69, 9.17) is 5.73 Å². The maximum absolute atomic E-state index is 12.6. The molecule has 1 saturated carbocycles. The molecule has 0 aromatic heterocycles. The van der Waals surface area contributed by atoms with E-state index in [1.54, 1.807) is 0 Å². The molecule has 0 radical (unpaired) electrons. The molecule has 2 N–H and O–H groups in total. The van der Waals surface area contributed by atoms with Gasteiger partial charge in [-0.25, -0.2) is 0 Å². The number of likely N-dealkylation sites (tertiary alicyclic amines) is 2. The molecular weight excluding hydrogens is 238 g/mol. The number of hydrogen-bond donors (Lipinski definition) is 1. The molecule has 0 unspecified atom stereocenters. The minimum absolute atomic E-state index is 0.180. The van der Waals surface area contributed by atoms with Crippen LogP contribution in [0.3, 0.4) is 0 Å². The molecule has 19 heavy (non-hydrogen) atoms. The summed E-state index contributed by atoms with van der Waals surface area (Å²) in [6.07, 6.45) is 8.22. The van der Waals surface area contributed by atoms with Crippen molar-refractivity contribution in [1.29, 1.82) is 0 Å². The Morgan fingerprint density at radius 3 is 2.16 bits per heavy atom. The molecular formula is C15H27N3O. The monoisotopic (exact) mass is 265 g/mol. The van der Waals surface area contributed by atoms with Crippen LogP contribution in [-0.4, -0.2) is 54.5 Å². The lowest BCUT2D eigenvalue weighted by atomic mass is 9.67. The zero-order chi connectivity index (χ0) is 13.3. The predicted molar refractivity (Wildman–Crippen MR) is 75.7 cm³/mol. The molecule has 2 aliphatic heterocycles. The van der Waals surface area contributed by atoms with Crippen LogP contribution < -0.4 is 5.73 Å². The number of hydrogen-bond acceptors (Lipinski definition) is 3. The van der Waals surface area contributed by atoms with Crippen molar-refractivity contribution in [3.63, 3.8) is 0 Å². The van der Waals surface area contributed by atoms with Crippen LogP contribution in [-0.2, 0) is 4.79 Å². The highest BCUT2D eigenvalue weighted by Crippen LogP contribution is 2.42. The Morgan fingerprint density at radius 2 is 1.68 bits per heavy atom. The number of piperidine rings is 1. The van der Waals surface area contributed by atoms with E-state index in [0.717, 1.165) is 44.8 Å². The van der Waals surface area contributed by atoms with Gasteiger partial charge in [-0.05, 0) is 51.6 Å². The van der Waals surface area contributed by atoms with E-state index in [-0.39, 0.29) is 5.41 Å². The van der Waals surface area contributed by atoms with Crippen LogP contribution in [0.25, 0.3) is 0 Å². The van der Waals surface area contributed by atoms with Gasteiger partial charge in [0.05, 0.1) is 5.41 Å². The molecule has 108 valence electrons. The normalized spacial score (nSPS) is 28.4. The van der Waals surface area contributed by atoms with Gasteiger partial charge in [0.15, 0.2) is 0 Å². The summed E-state index contributed by atoms with van der Waals surface area (Å²) in [4.78, 5) is 17.3. The van der Waals surface area contributed by atoms with E-state index < -0.39 is 0 Å². The molecule has 0 spiro atoms. The van der Waals surface area contributed by atoms with Gasteiger partial charge in [-0.15, -0.1) is 0 Å². The first kappa shape index (κ1) is 13.4. The van der Waals surface area contributed by atoms with Crippen molar-refractivity contribution in [3.05, 3.63) is 0 Å². The molecule has 4 heteroatoms. The quantitative estimate of drug-likeness (QED) is 0.834. The summed E-state index contributed by atoms with van der Waals surface area (Å²) in [5, 5.41) is 0. The minimum atomic E-state index is -0.180. The van der Waals surface area contributed by atoms with Crippen LogP contribution in [0.5, 0.6) is 0 Å². The molecule has 3 fully saturated rings. The zero-order valence-electron chi connectivity index (χ0n) is 11.9. The summed E-state index contributed by atoms with van der Waals surface area (Å²) < 4.78 is 0. The Labute approximate surface area is 116 Å². The highest BCUT2D eigenvalue weighted by molar-refractivity contribution is 5.84. The van der Waals surface area contributed by atoms with Crippen LogP contribution in [0.1, 0.15) is 44.9 Å². The van der Waals surface area contributed by atoms with Crippen molar-refractivity contribution in [2.24, 2.45) is 11.1 Å². The highest BCUT2D eigenvalue weighted by atomic mass is 16.2. The van der Waals surface area contributed by atoms with Gasteiger partial charge in [0.2, 0.25) is 5.91 Å². The fourth-order valence-electron chi connectivity index (χ4n) is 3.99. The van der Waals surface area contributed by atoms with E-state index in [2.05, 4.69) is 9.80 Å². The second kappa shape index (κ2) is 5.41. The molecule has 0 aromatic carbocycles. The summed E-state index contributed by atoms with van der Waals surface area (Å²) in [5.74, 6) is 0.348. The summed E-state index contributed by atoms with van der Waals surface area (Å²) in [6.45, 7) is 4.97. The number of carbonyl (C=O) groups excluding carboxylic acids is 1. The SMILES string of the molecule is NCC1(C(=O)N2CCC(N3CCCC3)CC2)CCC1. The molecule has 1 aliphatic carbocycles. The minimum Gasteiger partial charge on any atom is -0.342 e. The predicted octanol–water partition coefficient (Wildman–Crippen LogP) is 1.20. The average Bonchev–Trinajstić information content (AvgIpc) is 2.92. The van der Waals surface area contributed by atoms with Gasteiger partial charge in [-0.1, -0.05) is 6.42 Å². The van der Waals surface area contributed by atoms with Crippen molar-refractivity contribution >= 4 is 5.91 Å². The average molecular weight is 265 g/mol. The van der Waals surface area contributed by atoms with Crippen LogP contribution in [0.4, 0.5) is 0 Å². The largest absolute Gasteiger partial charge is 0.342 e. The van der Waals surface area contributed by atoms with Gasteiger partial charge in [0, 0.05) is 25.7 Å². The maximum Gasteiger partial charge on any atom is 0.230 e. The number of amides is 1. The third-order valence-electron chi connectivity index (χ3n) is 5.56. The first-order valence-electron chi connectivity index (χ1n) is 7.99. The van der Waals surface area contributed by atoms with Crippen LogP contribution in [0.2, 0.25) is 0 Å². The van der Waals surface area contributed by atoms with Crippen LogP contribution in [0.15, 0.2) is 0 Å². The van der Waals surface area contributed by atoms with E-state index in [0.29, 0.717) is 12.5 Å². The van der Waals surface area contributed by atoms with E-state index in [1.807, 2.05) is 0 Å². The van der Waals surface area contributed by atoms with Gasteiger partial charge >= 0.3 is 0 Å². The second-order valence-electron chi connectivity index (χ2n) is 6.60. The van der Waals surface area contributed by atoms with E-state index in [1.165, 1.54) is 32.4 Å². The van der Waals surface area contributed by atoms with Crippen LogP contribution in [0, 0.1) is 5.41 Å². The molecule has 0 bridgehead atoms.